The molecule has 88 valence electrons. The van der Waals surface area contributed by atoms with Gasteiger partial charge in [-0.1, -0.05) is 6.07 Å². The number of hydrogen-bond acceptors (Lipinski definition) is 3. The van der Waals surface area contributed by atoms with Gasteiger partial charge in [-0.05, 0) is 17.7 Å². The van der Waals surface area contributed by atoms with E-state index in [1.165, 1.54) is 25.7 Å². The Balaban J connectivity index is 2.24. The molecule has 0 saturated carbocycles. The molecule has 0 N–H and O–H groups in total. The minimum absolute atomic E-state index is 0.204. The summed E-state index contributed by atoms with van der Waals surface area (Å²) in [6, 6.07) is 4.69. The van der Waals surface area contributed by atoms with Crippen LogP contribution in [0.4, 0.5) is 4.39 Å². The van der Waals surface area contributed by atoms with Crippen LogP contribution in [-0.2, 0) is 6.54 Å². The van der Waals surface area contributed by atoms with E-state index in [9.17, 15) is 9.18 Å². The maximum absolute atomic E-state index is 13.4. The van der Waals surface area contributed by atoms with Crippen molar-refractivity contribution in [2.24, 2.45) is 0 Å². The second-order valence-electron chi connectivity index (χ2n) is 3.53. The van der Waals surface area contributed by atoms with Gasteiger partial charge in [0.15, 0.2) is 17.9 Å². The van der Waals surface area contributed by atoms with Crippen molar-refractivity contribution in [3.63, 3.8) is 0 Å². The molecule has 4 nitrogen and oxygen atoms in total. The van der Waals surface area contributed by atoms with Crippen LogP contribution in [0.15, 0.2) is 30.7 Å². The first-order chi connectivity index (χ1) is 8.24. The van der Waals surface area contributed by atoms with E-state index >= 15 is 0 Å². The third-order valence-corrected chi connectivity index (χ3v) is 2.43. The predicted octanol–water partition coefficient (Wildman–Crippen LogP) is 1.89. The maximum Gasteiger partial charge on any atom is 0.168 e. The quantitative estimate of drug-likeness (QED) is 0.759. The molecule has 0 unspecified atom stereocenters. The number of nitrogens with zero attached hydrogens (tertiary/aromatic N) is 2. The Bertz CT molecular complexity index is 537. The van der Waals surface area contributed by atoms with Crippen LogP contribution in [-0.4, -0.2) is 22.9 Å². The zero-order valence-corrected chi connectivity index (χ0v) is 9.26. The standard InChI is InChI=1S/C12H11FN2O2/c1-17-12-3-2-9(4-11(12)13)6-15-8-14-5-10(15)7-16/h2-5,7-8H,6H2,1H3. The Morgan fingerprint density at radius 1 is 1.53 bits per heavy atom. The summed E-state index contributed by atoms with van der Waals surface area (Å²) in [4.78, 5) is 14.5. The molecule has 1 heterocycles. The summed E-state index contributed by atoms with van der Waals surface area (Å²) in [5.41, 5.74) is 1.20. The number of aromatic nitrogens is 2. The molecular formula is C12H11FN2O2. The fraction of sp³-hybridized carbons (Fsp3) is 0.167. The molecule has 1 aromatic carbocycles. The highest BCUT2D eigenvalue weighted by atomic mass is 19.1. The molecule has 0 saturated heterocycles. The minimum Gasteiger partial charge on any atom is -0.494 e. The van der Waals surface area contributed by atoms with Crippen molar-refractivity contribution in [3.8, 4) is 5.75 Å². The molecule has 0 bridgehead atoms. The molecule has 1 aromatic heterocycles. The van der Waals surface area contributed by atoms with E-state index < -0.39 is 5.82 Å². The van der Waals surface area contributed by atoms with Crippen LogP contribution in [0.3, 0.4) is 0 Å². The van der Waals surface area contributed by atoms with Gasteiger partial charge in [0.2, 0.25) is 0 Å². The largest absolute Gasteiger partial charge is 0.494 e. The zero-order valence-electron chi connectivity index (χ0n) is 9.26. The third kappa shape index (κ3) is 2.33. The Hall–Kier alpha value is -2.17. The van der Waals surface area contributed by atoms with Crippen molar-refractivity contribution >= 4 is 6.29 Å². The Kier molecular flexibility index (Phi) is 3.18. The van der Waals surface area contributed by atoms with Crippen molar-refractivity contribution in [2.45, 2.75) is 6.54 Å². The minimum atomic E-state index is -0.419. The number of aldehydes is 1. The number of hydrogen-bond donors (Lipinski definition) is 0. The Morgan fingerprint density at radius 3 is 3.00 bits per heavy atom. The summed E-state index contributed by atoms with van der Waals surface area (Å²) in [7, 11) is 1.42. The lowest BCUT2D eigenvalue weighted by molar-refractivity contribution is 0.111. The molecule has 0 atom stereocenters. The molecule has 0 aliphatic rings. The van der Waals surface area contributed by atoms with Crippen LogP contribution >= 0.6 is 0 Å². The molecule has 0 aliphatic heterocycles. The van der Waals surface area contributed by atoms with Gasteiger partial charge in [-0.3, -0.25) is 4.79 Å². The Morgan fingerprint density at radius 2 is 2.35 bits per heavy atom. The predicted molar refractivity (Wildman–Crippen MR) is 59.7 cm³/mol. The van der Waals surface area contributed by atoms with Crippen molar-refractivity contribution in [3.05, 3.63) is 47.8 Å². The first kappa shape index (κ1) is 11.3. The summed E-state index contributed by atoms with van der Waals surface area (Å²) < 4.78 is 19.9. The number of carbonyl (C=O) groups excluding carboxylic acids is 1. The smallest absolute Gasteiger partial charge is 0.168 e. The Labute approximate surface area is 97.7 Å². The lowest BCUT2D eigenvalue weighted by Gasteiger charge is -2.07. The van der Waals surface area contributed by atoms with Gasteiger partial charge in [-0.25, -0.2) is 9.37 Å². The van der Waals surface area contributed by atoms with Gasteiger partial charge in [0.05, 0.1) is 19.6 Å². The van der Waals surface area contributed by atoms with Gasteiger partial charge in [-0.15, -0.1) is 0 Å². The molecule has 0 radical (unpaired) electrons. The normalized spacial score (nSPS) is 10.2. The highest BCUT2D eigenvalue weighted by Gasteiger charge is 2.05. The van der Waals surface area contributed by atoms with Crippen molar-refractivity contribution < 1.29 is 13.9 Å². The second kappa shape index (κ2) is 4.78. The second-order valence-corrected chi connectivity index (χ2v) is 3.53. The third-order valence-electron chi connectivity index (χ3n) is 2.43. The monoisotopic (exact) mass is 234 g/mol. The van der Waals surface area contributed by atoms with E-state index in [2.05, 4.69) is 4.98 Å². The van der Waals surface area contributed by atoms with E-state index in [1.807, 2.05) is 0 Å². The lowest BCUT2D eigenvalue weighted by atomic mass is 10.2. The number of imidazole rings is 1. The molecule has 0 amide bonds. The van der Waals surface area contributed by atoms with Gasteiger partial charge in [-0.2, -0.15) is 0 Å². The number of halogens is 1. The maximum atomic E-state index is 13.4. The SMILES string of the molecule is COc1ccc(Cn2cncc2C=O)cc1F. The number of rotatable bonds is 4. The van der Waals surface area contributed by atoms with Crippen molar-refractivity contribution in [1.82, 2.24) is 9.55 Å². The summed E-state index contributed by atoms with van der Waals surface area (Å²) in [5.74, 6) is -0.215. The highest BCUT2D eigenvalue weighted by molar-refractivity contribution is 5.71. The van der Waals surface area contributed by atoms with E-state index in [-0.39, 0.29) is 5.75 Å². The molecule has 0 aliphatic carbocycles. The highest BCUT2D eigenvalue weighted by Crippen LogP contribution is 2.18. The lowest BCUT2D eigenvalue weighted by Crippen LogP contribution is -2.03. The van der Waals surface area contributed by atoms with Crippen LogP contribution < -0.4 is 4.74 Å². The summed E-state index contributed by atoms with van der Waals surface area (Å²) >= 11 is 0. The molecule has 17 heavy (non-hydrogen) atoms. The number of ether oxygens (including phenoxy) is 1. The molecule has 2 aromatic rings. The molecule has 0 spiro atoms. The summed E-state index contributed by atoms with van der Waals surface area (Å²) in [5, 5.41) is 0. The van der Waals surface area contributed by atoms with E-state index in [0.29, 0.717) is 18.5 Å². The molecular weight excluding hydrogens is 223 g/mol. The van der Waals surface area contributed by atoms with Crippen LogP contribution in [0.1, 0.15) is 16.1 Å². The molecule has 5 heteroatoms. The van der Waals surface area contributed by atoms with E-state index in [0.717, 1.165) is 5.56 Å². The van der Waals surface area contributed by atoms with Gasteiger partial charge in [0, 0.05) is 6.54 Å². The average molecular weight is 234 g/mol. The first-order valence-corrected chi connectivity index (χ1v) is 5.02. The number of methoxy groups -OCH3 is 1. The van der Waals surface area contributed by atoms with Crippen molar-refractivity contribution in [2.75, 3.05) is 7.11 Å². The van der Waals surface area contributed by atoms with Crippen LogP contribution in [0, 0.1) is 5.82 Å². The first-order valence-electron chi connectivity index (χ1n) is 5.02. The van der Waals surface area contributed by atoms with Crippen LogP contribution in [0.25, 0.3) is 0 Å². The van der Waals surface area contributed by atoms with Crippen LogP contribution in [0.2, 0.25) is 0 Å². The van der Waals surface area contributed by atoms with E-state index in [1.54, 1.807) is 16.7 Å². The van der Waals surface area contributed by atoms with Gasteiger partial charge in [0.25, 0.3) is 0 Å². The van der Waals surface area contributed by atoms with Gasteiger partial charge in [0.1, 0.15) is 5.69 Å². The fourth-order valence-corrected chi connectivity index (χ4v) is 1.57. The summed E-state index contributed by atoms with van der Waals surface area (Å²) in [6.07, 6.45) is 3.71. The number of benzene rings is 1. The molecule has 2 rings (SSSR count). The van der Waals surface area contributed by atoms with Crippen LogP contribution in [0.5, 0.6) is 5.75 Å². The number of carbonyl (C=O) groups is 1. The molecule has 0 fully saturated rings. The topological polar surface area (TPSA) is 44.1 Å². The fourth-order valence-electron chi connectivity index (χ4n) is 1.57. The van der Waals surface area contributed by atoms with Gasteiger partial charge < -0.3 is 9.30 Å². The van der Waals surface area contributed by atoms with Crippen molar-refractivity contribution in [1.29, 1.82) is 0 Å². The zero-order chi connectivity index (χ0) is 12.3. The summed E-state index contributed by atoms with van der Waals surface area (Å²) in [6.45, 7) is 0.398. The van der Waals surface area contributed by atoms with Gasteiger partial charge >= 0.3 is 0 Å². The van der Waals surface area contributed by atoms with E-state index in [4.69, 9.17) is 4.74 Å². The average Bonchev–Trinajstić information content (AvgIpc) is 2.76.